The van der Waals surface area contributed by atoms with E-state index in [1.165, 1.54) is 12.3 Å². The molecule has 70 valence electrons. The summed E-state index contributed by atoms with van der Waals surface area (Å²) < 4.78 is 5.18. The minimum Gasteiger partial charge on any atom is -0.378 e. The highest BCUT2D eigenvalue weighted by Crippen LogP contribution is 2.21. The summed E-state index contributed by atoms with van der Waals surface area (Å²) in [5, 5.41) is 0.652. The molecule has 12 heavy (non-hydrogen) atoms. The lowest BCUT2D eigenvalue weighted by atomic mass is 10.2. The summed E-state index contributed by atoms with van der Waals surface area (Å²) in [4.78, 5) is 2.53. The van der Waals surface area contributed by atoms with E-state index in [1.54, 1.807) is 0 Å². The van der Waals surface area contributed by atoms with Crippen LogP contribution in [0, 0.1) is 0 Å². The molecule has 2 fully saturated rings. The Morgan fingerprint density at radius 3 is 2.92 bits per heavy atom. The largest absolute Gasteiger partial charge is 0.378 e. The SMILES string of the molecule is NCC1CN(C2COC2)CCS1. The summed E-state index contributed by atoms with van der Waals surface area (Å²) in [6, 6.07) is 0.694. The molecule has 1 unspecified atom stereocenters. The zero-order valence-electron chi connectivity index (χ0n) is 7.24. The fourth-order valence-electron chi connectivity index (χ4n) is 1.65. The fraction of sp³-hybridized carbons (Fsp3) is 1.00. The van der Waals surface area contributed by atoms with Crippen molar-refractivity contribution < 1.29 is 4.74 Å². The van der Waals surface area contributed by atoms with Crippen molar-refractivity contribution in [1.82, 2.24) is 4.90 Å². The van der Waals surface area contributed by atoms with Crippen LogP contribution < -0.4 is 5.73 Å². The maximum Gasteiger partial charge on any atom is 0.0645 e. The van der Waals surface area contributed by atoms with E-state index in [1.807, 2.05) is 11.8 Å². The molecule has 4 heteroatoms. The van der Waals surface area contributed by atoms with Gasteiger partial charge in [-0.3, -0.25) is 4.90 Å². The molecule has 0 amide bonds. The van der Waals surface area contributed by atoms with Gasteiger partial charge in [-0.1, -0.05) is 0 Å². The van der Waals surface area contributed by atoms with Gasteiger partial charge in [0.05, 0.1) is 19.3 Å². The van der Waals surface area contributed by atoms with Crippen LogP contribution in [0.5, 0.6) is 0 Å². The molecule has 2 rings (SSSR count). The molecular weight excluding hydrogens is 172 g/mol. The monoisotopic (exact) mass is 188 g/mol. The van der Waals surface area contributed by atoms with Gasteiger partial charge in [0, 0.05) is 30.6 Å². The Labute approximate surface area is 77.6 Å². The highest BCUT2D eigenvalue weighted by molar-refractivity contribution is 8.00. The zero-order chi connectivity index (χ0) is 8.39. The Morgan fingerprint density at radius 1 is 1.50 bits per heavy atom. The van der Waals surface area contributed by atoms with E-state index in [9.17, 15) is 0 Å². The molecule has 0 radical (unpaired) electrons. The van der Waals surface area contributed by atoms with Gasteiger partial charge in [0.1, 0.15) is 0 Å². The molecule has 0 aromatic rings. The molecule has 2 saturated heterocycles. The number of ether oxygens (including phenoxy) is 1. The van der Waals surface area contributed by atoms with Crippen LogP contribution in [0.15, 0.2) is 0 Å². The van der Waals surface area contributed by atoms with Crippen LogP contribution in [0.4, 0.5) is 0 Å². The van der Waals surface area contributed by atoms with Crippen LogP contribution >= 0.6 is 11.8 Å². The van der Waals surface area contributed by atoms with Crippen molar-refractivity contribution in [2.75, 3.05) is 38.6 Å². The van der Waals surface area contributed by atoms with Crippen molar-refractivity contribution >= 4 is 11.8 Å². The number of nitrogens with two attached hydrogens (primary N) is 1. The van der Waals surface area contributed by atoms with E-state index in [2.05, 4.69) is 4.90 Å². The molecule has 0 spiro atoms. The van der Waals surface area contributed by atoms with Crippen molar-refractivity contribution in [2.24, 2.45) is 5.73 Å². The standard InChI is InChI=1S/C8H16N2OS/c9-3-8-4-10(1-2-12-8)7-5-11-6-7/h7-8H,1-6,9H2. The highest BCUT2D eigenvalue weighted by Gasteiger charge is 2.29. The van der Waals surface area contributed by atoms with Crippen molar-refractivity contribution in [1.29, 1.82) is 0 Å². The minimum absolute atomic E-state index is 0.652. The van der Waals surface area contributed by atoms with E-state index >= 15 is 0 Å². The Bertz CT molecular complexity index is 152. The first-order valence-electron chi connectivity index (χ1n) is 4.53. The molecule has 1 atom stereocenters. The Morgan fingerprint density at radius 2 is 2.33 bits per heavy atom. The molecule has 0 aromatic heterocycles. The Kier molecular flexibility index (Phi) is 2.91. The van der Waals surface area contributed by atoms with E-state index in [4.69, 9.17) is 10.5 Å². The number of hydrogen-bond acceptors (Lipinski definition) is 4. The average molecular weight is 188 g/mol. The third-order valence-corrected chi connectivity index (χ3v) is 3.80. The molecule has 2 heterocycles. The topological polar surface area (TPSA) is 38.5 Å². The smallest absolute Gasteiger partial charge is 0.0645 e. The molecule has 0 saturated carbocycles. The third-order valence-electron chi connectivity index (χ3n) is 2.57. The van der Waals surface area contributed by atoms with Crippen LogP contribution in [0.1, 0.15) is 0 Å². The van der Waals surface area contributed by atoms with Crippen molar-refractivity contribution in [3.8, 4) is 0 Å². The Hall–Kier alpha value is 0.230. The van der Waals surface area contributed by atoms with E-state index in [-0.39, 0.29) is 0 Å². The van der Waals surface area contributed by atoms with Gasteiger partial charge in [-0.15, -0.1) is 0 Å². The molecule has 2 aliphatic rings. The van der Waals surface area contributed by atoms with Crippen molar-refractivity contribution in [3.63, 3.8) is 0 Å². The lowest BCUT2D eigenvalue weighted by molar-refractivity contribution is -0.0634. The van der Waals surface area contributed by atoms with Crippen LogP contribution in [-0.2, 0) is 4.74 Å². The summed E-state index contributed by atoms with van der Waals surface area (Å²) in [7, 11) is 0. The normalized spacial score (nSPS) is 33.2. The van der Waals surface area contributed by atoms with Gasteiger partial charge in [-0.2, -0.15) is 11.8 Å². The number of hydrogen-bond donors (Lipinski definition) is 1. The molecule has 2 N–H and O–H groups in total. The van der Waals surface area contributed by atoms with E-state index < -0.39 is 0 Å². The van der Waals surface area contributed by atoms with Gasteiger partial charge in [-0.05, 0) is 0 Å². The van der Waals surface area contributed by atoms with Gasteiger partial charge in [0.25, 0.3) is 0 Å². The van der Waals surface area contributed by atoms with Gasteiger partial charge >= 0.3 is 0 Å². The van der Waals surface area contributed by atoms with Gasteiger partial charge < -0.3 is 10.5 Å². The quantitative estimate of drug-likeness (QED) is 0.649. The molecular formula is C8H16N2OS. The second kappa shape index (κ2) is 3.96. The maximum absolute atomic E-state index is 5.65. The first-order valence-corrected chi connectivity index (χ1v) is 5.58. The van der Waals surface area contributed by atoms with Crippen LogP contribution in [0.3, 0.4) is 0 Å². The summed E-state index contributed by atoms with van der Waals surface area (Å²) >= 11 is 2.01. The van der Waals surface area contributed by atoms with Crippen LogP contribution in [-0.4, -0.2) is 54.8 Å². The molecule has 2 aliphatic heterocycles. The first kappa shape index (κ1) is 8.81. The summed E-state index contributed by atoms with van der Waals surface area (Å²) in [5.74, 6) is 1.23. The molecule has 0 aromatic carbocycles. The summed E-state index contributed by atoms with van der Waals surface area (Å²) in [6.07, 6.45) is 0. The van der Waals surface area contributed by atoms with Gasteiger partial charge in [-0.25, -0.2) is 0 Å². The second-order valence-corrected chi connectivity index (χ2v) is 4.82. The zero-order valence-corrected chi connectivity index (χ0v) is 8.05. The number of rotatable bonds is 2. The minimum atomic E-state index is 0.652. The van der Waals surface area contributed by atoms with Gasteiger partial charge in [0.15, 0.2) is 0 Å². The molecule has 0 bridgehead atoms. The third kappa shape index (κ3) is 1.76. The highest BCUT2D eigenvalue weighted by atomic mass is 32.2. The van der Waals surface area contributed by atoms with E-state index in [0.717, 1.165) is 26.3 Å². The van der Waals surface area contributed by atoms with Crippen molar-refractivity contribution in [3.05, 3.63) is 0 Å². The van der Waals surface area contributed by atoms with Crippen molar-refractivity contribution in [2.45, 2.75) is 11.3 Å². The lowest BCUT2D eigenvalue weighted by Gasteiger charge is -2.41. The average Bonchev–Trinajstić information content (AvgIpc) is 2.02. The Balaban J connectivity index is 1.81. The predicted octanol–water partition coefficient (Wildman–Crippen LogP) is -0.239. The van der Waals surface area contributed by atoms with Crippen LogP contribution in [0.2, 0.25) is 0 Å². The predicted molar refractivity (Wildman–Crippen MR) is 51.5 cm³/mol. The lowest BCUT2D eigenvalue weighted by Crippen LogP contribution is -2.54. The van der Waals surface area contributed by atoms with E-state index in [0.29, 0.717) is 11.3 Å². The summed E-state index contributed by atoms with van der Waals surface area (Å²) in [5.41, 5.74) is 5.65. The first-order chi connectivity index (χ1) is 5.90. The second-order valence-electron chi connectivity index (χ2n) is 3.41. The van der Waals surface area contributed by atoms with Gasteiger partial charge in [0.2, 0.25) is 0 Å². The number of nitrogens with zero attached hydrogens (tertiary/aromatic N) is 1. The maximum atomic E-state index is 5.65. The number of thioether (sulfide) groups is 1. The summed E-state index contributed by atoms with van der Waals surface area (Å²) in [6.45, 7) is 5.06. The molecule has 0 aliphatic carbocycles. The molecule has 3 nitrogen and oxygen atoms in total. The van der Waals surface area contributed by atoms with Crippen LogP contribution in [0.25, 0.3) is 0 Å². The fourth-order valence-corrected chi connectivity index (χ4v) is 2.76.